The van der Waals surface area contributed by atoms with Crippen LogP contribution in [0.3, 0.4) is 0 Å². The molecule has 4 aliphatic rings. The van der Waals surface area contributed by atoms with E-state index in [1.54, 1.807) is 6.08 Å². The van der Waals surface area contributed by atoms with Crippen LogP contribution in [-0.2, 0) is 5.41 Å². The molecule has 0 radical (unpaired) electrons. The standard InChI is InChI=1S/C69H45N/c1-5-7-21-42(3)43(4)51(20-6-2)49-36-46-32-34-62-67-64(46)56(40-49)58-38-48(44-22-10-8-11-23-44)39-59-57-41-50(53-27-15-14-26-52(53)45-24-12-9-13-25-45)37-47-33-35-63(68(65(47)57)70(67)66(58)59)69(62)60-30-18-16-28-54(60)55-29-17-19-31-61(55)69/h5-41H,1-4H2/b21-7-,51-20+. The monoisotopic (exact) mass is 887 g/mol. The number of hydrogen-bond acceptors (Lipinski definition) is 1. The van der Waals surface area contributed by atoms with Crippen molar-refractivity contribution in [1.29, 1.82) is 0 Å². The third kappa shape index (κ3) is 5.32. The van der Waals surface area contributed by atoms with Gasteiger partial charge in [0.2, 0.25) is 0 Å². The fraction of sp³-hybridized carbons (Fsp3) is 0.0145. The van der Waals surface area contributed by atoms with E-state index in [1.165, 1.54) is 128 Å². The topological polar surface area (TPSA) is 3.24 Å². The van der Waals surface area contributed by atoms with Gasteiger partial charge in [0, 0.05) is 21.9 Å². The lowest BCUT2D eigenvalue weighted by molar-refractivity contribution is 0.756. The molecule has 1 spiro atoms. The summed E-state index contributed by atoms with van der Waals surface area (Å²) in [6, 6.07) is 73.1. The maximum Gasteiger partial charge on any atom is 0.0754 e. The van der Waals surface area contributed by atoms with Crippen molar-refractivity contribution in [2.45, 2.75) is 5.41 Å². The molecule has 10 aromatic rings. The minimum Gasteiger partial charge on any atom is -0.307 e. The van der Waals surface area contributed by atoms with Crippen molar-refractivity contribution in [1.82, 2.24) is 0 Å². The van der Waals surface area contributed by atoms with Crippen LogP contribution in [0.25, 0.3) is 93.9 Å². The molecule has 0 fully saturated rings. The van der Waals surface area contributed by atoms with Crippen molar-refractivity contribution in [2.24, 2.45) is 0 Å². The lowest BCUT2D eigenvalue weighted by Crippen LogP contribution is -2.38. The maximum absolute atomic E-state index is 4.63. The molecular weight excluding hydrogens is 843 g/mol. The molecule has 0 amide bonds. The highest BCUT2D eigenvalue weighted by Crippen LogP contribution is 2.71. The summed E-state index contributed by atoms with van der Waals surface area (Å²) < 4.78 is 0. The number of rotatable bonds is 9. The molecule has 1 aliphatic carbocycles. The zero-order valence-electron chi connectivity index (χ0n) is 38.6. The van der Waals surface area contributed by atoms with E-state index < -0.39 is 5.41 Å². The second-order valence-corrected chi connectivity index (χ2v) is 19.0. The number of hydrogen-bond donors (Lipinski definition) is 0. The Bertz CT molecular complexity index is 4020. The molecule has 1 heteroatoms. The smallest absolute Gasteiger partial charge is 0.0754 e. The van der Waals surface area contributed by atoms with Crippen molar-refractivity contribution >= 4 is 44.2 Å². The van der Waals surface area contributed by atoms with E-state index in [0.29, 0.717) is 0 Å². The molecule has 14 rings (SSSR count). The third-order valence-corrected chi connectivity index (χ3v) is 15.5. The van der Waals surface area contributed by atoms with Gasteiger partial charge in [-0.15, -0.1) is 0 Å². The predicted octanol–water partition coefficient (Wildman–Crippen LogP) is 18.5. The van der Waals surface area contributed by atoms with Gasteiger partial charge in [-0.2, -0.15) is 0 Å². The van der Waals surface area contributed by atoms with Crippen LogP contribution >= 0.6 is 0 Å². The summed E-state index contributed by atoms with van der Waals surface area (Å²) in [6.45, 7) is 17.2. The SMILES string of the molecule is C=C/C=C\C(=C)C(=C)/C(=C\C=C)c1cc2c3c4c(ccc3c1)C1(c3ccccc3-c3ccccc31)c1ccc3cc(-c5ccccc5-c5ccccc5)cc5c3c1N4c1c-2cc(-c2ccccc2)cc1-5. The van der Waals surface area contributed by atoms with E-state index in [4.69, 9.17) is 0 Å². The van der Waals surface area contributed by atoms with Crippen molar-refractivity contribution in [3.8, 4) is 66.8 Å². The quantitative estimate of drug-likeness (QED) is 0.131. The van der Waals surface area contributed by atoms with Gasteiger partial charge in [0.25, 0.3) is 0 Å². The van der Waals surface area contributed by atoms with Gasteiger partial charge in [0.1, 0.15) is 0 Å². The van der Waals surface area contributed by atoms with E-state index in [0.717, 1.165) is 22.3 Å². The molecule has 0 saturated heterocycles. The molecule has 70 heavy (non-hydrogen) atoms. The summed E-state index contributed by atoms with van der Waals surface area (Å²) in [7, 11) is 0. The first-order valence-corrected chi connectivity index (χ1v) is 24.1. The second kappa shape index (κ2) is 15.0. The molecule has 3 aliphatic heterocycles. The Balaban J connectivity index is 1.16. The largest absolute Gasteiger partial charge is 0.307 e. The Morgan fingerprint density at radius 1 is 0.400 bits per heavy atom. The normalized spacial score (nSPS) is 13.8. The van der Waals surface area contributed by atoms with Gasteiger partial charge in [-0.1, -0.05) is 214 Å². The maximum atomic E-state index is 4.63. The van der Waals surface area contributed by atoms with Crippen molar-refractivity contribution in [3.05, 3.63) is 290 Å². The first-order chi connectivity index (χ1) is 34.5. The molecule has 0 bridgehead atoms. The molecule has 0 N–H and O–H groups in total. The first-order valence-electron chi connectivity index (χ1n) is 24.1. The minimum absolute atomic E-state index is 0.584. The van der Waals surface area contributed by atoms with E-state index in [9.17, 15) is 0 Å². The molecule has 10 aromatic carbocycles. The molecule has 0 atom stereocenters. The van der Waals surface area contributed by atoms with Gasteiger partial charge in [-0.05, 0) is 147 Å². The summed E-state index contributed by atoms with van der Waals surface area (Å²) >= 11 is 0. The Labute approximate surface area is 409 Å². The Kier molecular flexibility index (Phi) is 8.57. The summed E-state index contributed by atoms with van der Waals surface area (Å²) in [6.07, 6.45) is 9.60. The van der Waals surface area contributed by atoms with Crippen LogP contribution in [0, 0.1) is 0 Å². The van der Waals surface area contributed by atoms with Gasteiger partial charge in [-0.25, -0.2) is 0 Å². The van der Waals surface area contributed by atoms with E-state index in [2.05, 4.69) is 231 Å². The molecular formula is C69H45N. The summed E-state index contributed by atoms with van der Waals surface area (Å²) in [5, 5.41) is 4.92. The van der Waals surface area contributed by atoms with Crippen LogP contribution in [0.2, 0.25) is 0 Å². The molecule has 3 heterocycles. The average molecular weight is 888 g/mol. The number of allylic oxidation sites excluding steroid dienone is 8. The zero-order chi connectivity index (χ0) is 46.8. The Hall–Kier alpha value is -9.04. The van der Waals surface area contributed by atoms with Crippen LogP contribution in [-0.4, -0.2) is 0 Å². The minimum atomic E-state index is -0.584. The summed E-state index contributed by atoms with van der Waals surface area (Å²) in [5.41, 5.74) is 26.7. The van der Waals surface area contributed by atoms with E-state index in [-0.39, 0.29) is 0 Å². The fourth-order valence-electron chi connectivity index (χ4n) is 12.6. The van der Waals surface area contributed by atoms with Gasteiger partial charge >= 0.3 is 0 Å². The molecule has 326 valence electrons. The van der Waals surface area contributed by atoms with Gasteiger partial charge in [-0.3, -0.25) is 0 Å². The van der Waals surface area contributed by atoms with Crippen LogP contribution in [0.5, 0.6) is 0 Å². The molecule has 0 aromatic heterocycles. The number of anilines is 3. The summed E-state index contributed by atoms with van der Waals surface area (Å²) in [4.78, 5) is 2.68. The van der Waals surface area contributed by atoms with Crippen LogP contribution in [0.1, 0.15) is 27.8 Å². The Morgan fingerprint density at radius 2 is 0.914 bits per heavy atom. The molecule has 1 nitrogen and oxygen atoms in total. The highest BCUT2D eigenvalue weighted by molar-refractivity contribution is 6.27. The first kappa shape index (κ1) is 40.1. The van der Waals surface area contributed by atoms with Crippen LogP contribution in [0.4, 0.5) is 17.1 Å². The van der Waals surface area contributed by atoms with Crippen LogP contribution in [0.15, 0.2) is 262 Å². The number of fused-ring (bicyclic) bond motifs is 9. The predicted molar refractivity (Wildman–Crippen MR) is 297 cm³/mol. The van der Waals surface area contributed by atoms with E-state index in [1.807, 2.05) is 18.2 Å². The van der Waals surface area contributed by atoms with Gasteiger partial charge in [0.15, 0.2) is 0 Å². The van der Waals surface area contributed by atoms with Crippen molar-refractivity contribution in [2.75, 3.05) is 4.90 Å². The molecule has 0 unspecified atom stereocenters. The van der Waals surface area contributed by atoms with Crippen LogP contribution < -0.4 is 4.90 Å². The van der Waals surface area contributed by atoms with Gasteiger partial charge < -0.3 is 4.90 Å². The average Bonchev–Trinajstić information content (AvgIpc) is 3.71. The third-order valence-electron chi connectivity index (χ3n) is 15.5. The summed E-state index contributed by atoms with van der Waals surface area (Å²) in [5.74, 6) is 0. The lowest BCUT2D eigenvalue weighted by Gasteiger charge is -2.50. The van der Waals surface area contributed by atoms with E-state index >= 15 is 0 Å². The van der Waals surface area contributed by atoms with Gasteiger partial charge in [0.05, 0.1) is 22.5 Å². The number of nitrogens with zero attached hydrogens (tertiary/aromatic N) is 1. The fourth-order valence-corrected chi connectivity index (χ4v) is 12.6. The van der Waals surface area contributed by atoms with Crippen molar-refractivity contribution < 1.29 is 0 Å². The van der Waals surface area contributed by atoms with Crippen molar-refractivity contribution in [3.63, 3.8) is 0 Å². The Morgan fingerprint density at radius 3 is 1.51 bits per heavy atom. The molecule has 0 saturated carbocycles. The second-order valence-electron chi connectivity index (χ2n) is 19.0. The zero-order valence-corrected chi connectivity index (χ0v) is 38.6. The highest BCUT2D eigenvalue weighted by atomic mass is 15.2. The lowest BCUT2D eigenvalue weighted by atomic mass is 9.62. The number of benzene rings is 10. The highest BCUT2D eigenvalue weighted by Gasteiger charge is 2.54.